The van der Waals surface area contributed by atoms with Crippen molar-refractivity contribution in [2.75, 3.05) is 20.1 Å². The van der Waals surface area contributed by atoms with Crippen molar-refractivity contribution >= 4 is 15.9 Å². The fraction of sp³-hybridized carbons (Fsp3) is 0.600. The van der Waals surface area contributed by atoms with Crippen LogP contribution in [0.15, 0.2) is 29.4 Å². The van der Waals surface area contributed by atoms with Gasteiger partial charge in [0.2, 0.25) is 15.9 Å². The van der Waals surface area contributed by atoms with Crippen LogP contribution < -0.4 is 5.73 Å². The molecule has 1 saturated heterocycles. The molecule has 0 aromatic carbocycles. The molecular weight excluding hydrogens is 316 g/mol. The van der Waals surface area contributed by atoms with Gasteiger partial charge in [-0.2, -0.15) is 4.31 Å². The minimum Gasteiger partial charge on any atom is -0.337 e. The highest BCUT2D eigenvalue weighted by Crippen LogP contribution is 2.20. The highest BCUT2D eigenvalue weighted by Gasteiger charge is 2.31. The van der Waals surface area contributed by atoms with Crippen LogP contribution in [0, 0.1) is 0 Å². The Morgan fingerprint density at radius 1 is 1.52 bits per heavy atom. The molecule has 1 fully saturated rings. The molecule has 8 heteroatoms. The van der Waals surface area contributed by atoms with Crippen molar-refractivity contribution < 1.29 is 13.2 Å². The van der Waals surface area contributed by atoms with E-state index in [9.17, 15) is 13.2 Å². The quantitative estimate of drug-likeness (QED) is 0.838. The Bertz CT molecular complexity index is 633. The van der Waals surface area contributed by atoms with E-state index in [4.69, 9.17) is 5.73 Å². The minimum absolute atomic E-state index is 0.0225. The Morgan fingerprint density at radius 2 is 2.26 bits per heavy atom. The number of carbonyl (C=O) groups excluding carboxylic acids is 1. The largest absolute Gasteiger partial charge is 0.337 e. The molecule has 7 nitrogen and oxygen atoms in total. The number of amides is 1. The summed E-state index contributed by atoms with van der Waals surface area (Å²) >= 11 is 0. The predicted molar refractivity (Wildman–Crippen MR) is 87.1 cm³/mol. The molecule has 23 heavy (non-hydrogen) atoms. The predicted octanol–water partition coefficient (Wildman–Crippen LogP) is 0.430. The second-order valence-electron chi connectivity index (χ2n) is 5.96. The lowest BCUT2D eigenvalue weighted by Crippen LogP contribution is -2.54. The first kappa shape index (κ1) is 17.8. The Labute approximate surface area is 137 Å². The van der Waals surface area contributed by atoms with Gasteiger partial charge in [-0.3, -0.25) is 9.78 Å². The van der Waals surface area contributed by atoms with Crippen LogP contribution in [0.25, 0.3) is 0 Å². The molecule has 1 amide bonds. The van der Waals surface area contributed by atoms with E-state index < -0.39 is 10.0 Å². The Kier molecular flexibility index (Phi) is 5.72. The number of aromatic nitrogens is 1. The molecule has 1 aliphatic heterocycles. The lowest BCUT2D eigenvalue weighted by molar-refractivity contribution is -0.135. The third kappa shape index (κ3) is 4.07. The molecule has 0 spiro atoms. The van der Waals surface area contributed by atoms with E-state index in [2.05, 4.69) is 4.98 Å². The molecule has 2 rings (SSSR count). The van der Waals surface area contributed by atoms with Gasteiger partial charge >= 0.3 is 0 Å². The van der Waals surface area contributed by atoms with Gasteiger partial charge in [0.1, 0.15) is 4.90 Å². The second kappa shape index (κ2) is 7.37. The number of sulfonamides is 1. The van der Waals surface area contributed by atoms with Crippen molar-refractivity contribution in [3.8, 4) is 0 Å². The Morgan fingerprint density at radius 3 is 2.87 bits per heavy atom. The normalized spacial score (nSPS) is 20.5. The fourth-order valence-electron chi connectivity index (χ4n) is 2.86. The van der Waals surface area contributed by atoms with Crippen molar-refractivity contribution in [2.45, 2.75) is 43.2 Å². The van der Waals surface area contributed by atoms with Crippen molar-refractivity contribution in [2.24, 2.45) is 5.73 Å². The second-order valence-corrected chi connectivity index (χ2v) is 8.00. The zero-order valence-electron chi connectivity index (χ0n) is 13.6. The van der Waals surface area contributed by atoms with E-state index >= 15 is 0 Å². The summed E-state index contributed by atoms with van der Waals surface area (Å²) in [6, 6.07) is 2.87. The lowest BCUT2D eigenvalue weighted by atomic mass is 9.97. The first-order chi connectivity index (χ1) is 10.8. The summed E-state index contributed by atoms with van der Waals surface area (Å²) in [5.74, 6) is -0.207. The number of hydrogen-bond donors (Lipinski definition) is 1. The smallest absolute Gasteiger partial charge is 0.244 e. The van der Waals surface area contributed by atoms with Crippen molar-refractivity contribution in [1.29, 1.82) is 0 Å². The molecule has 0 aliphatic carbocycles. The third-order valence-electron chi connectivity index (χ3n) is 4.18. The number of pyridine rings is 1. The first-order valence-corrected chi connectivity index (χ1v) is 9.19. The van der Waals surface area contributed by atoms with Gasteiger partial charge in [0.05, 0.1) is 6.54 Å². The minimum atomic E-state index is -3.72. The topological polar surface area (TPSA) is 96.6 Å². The lowest BCUT2D eigenvalue weighted by Gasteiger charge is -2.38. The standard InChI is InChI=1S/C15H24N4O3S/c1-12(16)14-7-3-4-9-19(14)15(20)11-18(2)23(21,22)13-6-5-8-17-10-13/h5-6,8,10,12,14H,3-4,7,9,11,16H2,1-2H3. The summed E-state index contributed by atoms with van der Waals surface area (Å²) in [6.45, 7) is 2.32. The monoisotopic (exact) mass is 340 g/mol. The van der Waals surface area contributed by atoms with Crippen LogP contribution >= 0.6 is 0 Å². The molecular formula is C15H24N4O3S. The van der Waals surface area contributed by atoms with Gasteiger partial charge in [-0.15, -0.1) is 0 Å². The summed E-state index contributed by atoms with van der Waals surface area (Å²) in [4.78, 5) is 18.2. The highest BCUT2D eigenvalue weighted by atomic mass is 32.2. The average molecular weight is 340 g/mol. The first-order valence-electron chi connectivity index (χ1n) is 7.75. The Balaban J connectivity index is 2.10. The van der Waals surface area contributed by atoms with Crippen LogP contribution in [0.1, 0.15) is 26.2 Å². The van der Waals surface area contributed by atoms with E-state index in [1.807, 2.05) is 6.92 Å². The maximum absolute atomic E-state index is 12.5. The maximum atomic E-state index is 12.5. The van der Waals surface area contributed by atoms with Crippen LogP contribution in [0.5, 0.6) is 0 Å². The SMILES string of the molecule is CC(N)C1CCCCN1C(=O)CN(C)S(=O)(=O)c1cccnc1. The van der Waals surface area contributed by atoms with E-state index in [-0.39, 0.29) is 29.4 Å². The number of nitrogens with zero attached hydrogens (tertiary/aromatic N) is 3. The number of likely N-dealkylation sites (tertiary alicyclic amines) is 1. The number of likely N-dealkylation sites (N-methyl/N-ethyl adjacent to an activating group) is 1. The molecule has 0 bridgehead atoms. The van der Waals surface area contributed by atoms with Gasteiger partial charge in [-0.05, 0) is 38.3 Å². The summed E-state index contributed by atoms with van der Waals surface area (Å²) < 4.78 is 26.0. The van der Waals surface area contributed by atoms with Crippen LogP contribution in [-0.4, -0.2) is 60.7 Å². The van der Waals surface area contributed by atoms with E-state index in [1.165, 1.54) is 25.5 Å². The summed E-state index contributed by atoms with van der Waals surface area (Å²) in [5.41, 5.74) is 5.97. The Hall–Kier alpha value is -1.51. The summed E-state index contributed by atoms with van der Waals surface area (Å²) in [7, 11) is -2.31. The highest BCUT2D eigenvalue weighted by molar-refractivity contribution is 7.89. The van der Waals surface area contributed by atoms with Gasteiger partial charge in [0, 0.05) is 38.1 Å². The summed E-state index contributed by atoms with van der Waals surface area (Å²) in [6.07, 6.45) is 5.61. The van der Waals surface area contributed by atoms with Crippen LogP contribution in [0.4, 0.5) is 0 Å². The molecule has 128 valence electrons. The van der Waals surface area contributed by atoms with Crippen molar-refractivity contribution in [3.05, 3.63) is 24.5 Å². The molecule has 2 atom stereocenters. The van der Waals surface area contributed by atoms with Crippen LogP contribution in [-0.2, 0) is 14.8 Å². The third-order valence-corrected chi connectivity index (χ3v) is 5.96. The van der Waals surface area contributed by atoms with Gasteiger partial charge in [0.15, 0.2) is 0 Å². The number of nitrogens with two attached hydrogens (primary N) is 1. The van der Waals surface area contributed by atoms with E-state index in [0.717, 1.165) is 23.6 Å². The summed E-state index contributed by atoms with van der Waals surface area (Å²) in [5, 5.41) is 0. The number of carbonyl (C=O) groups is 1. The number of rotatable bonds is 5. The van der Waals surface area contributed by atoms with Crippen LogP contribution in [0.2, 0.25) is 0 Å². The van der Waals surface area contributed by atoms with Crippen molar-refractivity contribution in [1.82, 2.24) is 14.2 Å². The molecule has 1 aromatic rings. The maximum Gasteiger partial charge on any atom is 0.244 e. The van der Waals surface area contributed by atoms with Crippen molar-refractivity contribution in [3.63, 3.8) is 0 Å². The zero-order valence-corrected chi connectivity index (χ0v) is 14.4. The molecule has 2 N–H and O–H groups in total. The molecule has 1 aromatic heterocycles. The number of hydrogen-bond acceptors (Lipinski definition) is 5. The molecule has 1 aliphatic rings. The van der Waals surface area contributed by atoms with Gasteiger partial charge < -0.3 is 10.6 Å². The van der Waals surface area contributed by atoms with Crippen LogP contribution in [0.3, 0.4) is 0 Å². The molecule has 0 radical (unpaired) electrons. The van der Waals surface area contributed by atoms with Gasteiger partial charge in [0.25, 0.3) is 0 Å². The fourth-order valence-corrected chi connectivity index (χ4v) is 3.94. The van der Waals surface area contributed by atoms with E-state index in [0.29, 0.717) is 6.54 Å². The molecule has 0 saturated carbocycles. The molecule has 2 unspecified atom stereocenters. The van der Waals surface area contributed by atoms with Gasteiger partial charge in [-0.1, -0.05) is 0 Å². The zero-order chi connectivity index (χ0) is 17.0. The van der Waals surface area contributed by atoms with Gasteiger partial charge in [-0.25, -0.2) is 8.42 Å². The molecule has 2 heterocycles. The van der Waals surface area contributed by atoms with E-state index in [1.54, 1.807) is 11.0 Å². The average Bonchev–Trinajstić information content (AvgIpc) is 2.55. The number of piperidine rings is 1.